The first-order valence-corrected chi connectivity index (χ1v) is 15.0. The summed E-state index contributed by atoms with van der Waals surface area (Å²) < 4.78 is 5.80. The fraction of sp³-hybridized carbons (Fsp3) is 0.0233. The highest BCUT2D eigenvalue weighted by Gasteiger charge is 2.10. The molecule has 0 unspecified atom stereocenters. The van der Waals surface area contributed by atoms with Crippen LogP contribution in [0.25, 0.3) is 66.8 Å². The smallest absolute Gasteiger partial charge is 0.120 e. The van der Waals surface area contributed by atoms with Gasteiger partial charge in [0, 0.05) is 0 Å². The largest absolute Gasteiger partial charge is 0.497 e. The van der Waals surface area contributed by atoms with Gasteiger partial charge in [-0.2, -0.15) is 0 Å². The number of rotatable bonds is 7. The van der Waals surface area contributed by atoms with E-state index in [2.05, 4.69) is 176 Å². The van der Waals surface area contributed by atoms with Crippen LogP contribution < -0.4 is 4.74 Å². The van der Waals surface area contributed by atoms with Gasteiger partial charge in [0.1, 0.15) is 5.75 Å². The third-order valence-electron chi connectivity index (χ3n) is 8.14. The Kier molecular flexibility index (Phi) is 7.60. The zero-order valence-corrected chi connectivity index (χ0v) is 24.7. The SMILES string of the molecule is COc1cc(-c2cccc(-c3cccc(-c4ccccc4)c3)c2)cc(-c2cccc(-c3cccc(-c4ccccc4)c3)c2)c1. The van der Waals surface area contributed by atoms with Crippen molar-refractivity contribution in [2.24, 2.45) is 0 Å². The second kappa shape index (κ2) is 12.3. The predicted octanol–water partition coefficient (Wildman–Crippen LogP) is 11.7. The highest BCUT2D eigenvalue weighted by atomic mass is 16.5. The van der Waals surface area contributed by atoms with E-state index in [1.54, 1.807) is 7.11 Å². The summed E-state index contributed by atoms with van der Waals surface area (Å²) in [6.07, 6.45) is 0. The van der Waals surface area contributed by atoms with Crippen LogP contribution in [0.2, 0.25) is 0 Å². The van der Waals surface area contributed by atoms with Gasteiger partial charge in [-0.3, -0.25) is 0 Å². The van der Waals surface area contributed by atoms with Gasteiger partial charge in [-0.1, -0.05) is 133 Å². The lowest BCUT2D eigenvalue weighted by Gasteiger charge is -2.13. The Morgan fingerprint density at radius 1 is 0.250 bits per heavy atom. The van der Waals surface area contributed by atoms with E-state index < -0.39 is 0 Å². The van der Waals surface area contributed by atoms with E-state index in [0.29, 0.717) is 0 Å². The van der Waals surface area contributed by atoms with Gasteiger partial charge in [-0.15, -0.1) is 0 Å². The minimum atomic E-state index is 0.838. The molecule has 0 radical (unpaired) electrons. The van der Waals surface area contributed by atoms with Crippen molar-refractivity contribution in [1.29, 1.82) is 0 Å². The van der Waals surface area contributed by atoms with Crippen LogP contribution in [0.1, 0.15) is 0 Å². The van der Waals surface area contributed by atoms with E-state index >= 15 is 0 Å². The monoisotopic (exact) mass is 564 g/mol. The van der Waals surface area contributed by atoms with Gasteiger partial charge in [-0.25, -0.2) is 0 Å². The van der Waals surface area contributed by atoms with Crippen molar-refractivity contribution in [3.63, 3.8) is 0 Å². The van der Waals surface area contributed by atoms with Crippen molar-refractivity contribution < 1.29 is 4.74 Å². The Morgan fingerprint density at radius 2 is 0.500 bits per heavy atom. The molecular weight excluding hydrogens is 532 g/mol. The van der Waals surface area contributed by atoms with Crippen molar-refractivity contribution in [2.75, 3.05) is 7.11 Å². The summed E-state index contributed by atoms with van der Waals surface area (Å²) in [6.45, 7) is 0. The third-order valence-corrected chi connectivity index (χ3v) is 8.14. The molecule has 7 aromatic carbocycles. The Labute approximate surface area is 259 Å². The van der Waals surface area contributed by atoms with Crippen molar-refractivity contribution in [2.45, 2.75) is 0 Å². The van der Waals surface area contributed by atoms with Gasteiger partial charge < -0.3 is 4.74 Å². The fourth-order valence-electron chi connectivity index (χ4n) is 5.82. The number of methoxy groups -OCH3 is 1. The molecule has 0 N–H and O–H groups in total. The summed E-state index contributed by atoms with van der Waals surface area (Å²) >= 11 is 0. The first kappa shape index (κ1) is 27.2. The van der Waals surface area contributed by atoms with Gasteiger partial charge in [0.25, 0.3) is 0 Å². The lowest BCUT2D eigenvalue weighted by molar-refractivity contribution is 0.415. The van der Waals surface area contributed by atoms with Crippen LogP contribution in [0.3, 0.4) is 0 Å². The Hall–Kier alpha value is -5.66. The summed E-state index contributed by atoms with van der Waals surface area (Å²) in [5.74, 6) is 0.838. The molecule has 0 bridgehead atoms. The van der Waals surface area contributed by atoms with Crippen molar-refractivity contribution in [3.8, 4) is 72.5 Å². The maximum Gasteiger partial charge on any atom is 0.120 e. The van der Waals surface area contributed by atoms with Gasteiger partial charge in [0.15, 0.2) is 0 Å². The molecule has 0 aliphatic rings. The average molecular weight is 565 g/mol. The van der Waals surface area contributed by atoms with Crippen LogP contribution >= 0.6 is 0 Å². The summed E-state index contributed by atoms with van der Waals surface area (Å²) in [5.41, 5.74) is 14.2. The van der Waals surface area contributed by atoms with Crippen LogP contribution in [0.4, 0.5) is 0 Å². The van der Waals surface area contributed by atoms with E-state index in [-0.39, 0.29) is 0 Å². The van der Waals surface area contributed by atoms with Crippen molar-refractivity contribution in [3.05, 3.63) is 176 Å². The average Bonchev–Trinajstić information content (AvgIpc) is 3.12. The molecule has 0 atom stereocenters. The Balaban J connectivity index is 1.24. The number of hydrogen-bond donors (Lipinski definition) is 0. The zero-order valence-electron chi connectivity index (χ0n) is 24.7. The van der Waals surface area contributed by atoms with E-state index in [1.165, 1.54) is 44.5 Å². The normalized spacial score (nSPS) is 10.8. The molecule has 0 fully saturated rings. The van der Waals surface area contributed by atoms with Crippen LogP contribution in [-0.2, 0) is 0 Å². The summed E-state index contributed by atoms with van der Waals surface area (Å²) in [5, 5.41) is 0. The number of hydrogen-bond acceptors (Lipinski definition) is 1. The molecule has 0 saturated carbocycles. The van der Waals surface area contributed by atoms with Crippen LogP contribution in [-0.4, -0.2) is 7.11 Å². The third kappa shape index (κ3) is 5.82. The van der Waals surface area contributed by atoms with E-state index in [4.69, 9.17) is 4.74 Å². The first-order valence-electron chi connectivity index (χ1n) is 15.0. The lowest BCUT2D eigenvalue weighted by Crippen LogP contribution is -1.89. The van der Waals surface area contributed by atoms with Crippen LogP contribution in [0.5, 0.6) is 5.75 Å². The molecule has 0 amide bonds. The molecule has 7 rings (SSSR count). The molecule has 0 spiro atoms. The van der Waals surface area contributed by atoms with Crippen LogP contribution in [0, 0.1) is 0 Å². The molecular formula is C43H32O. The standard InChI is InChI=1S/C43H32O/c1-44-43-29-41(39-22-10-20-37(26-39)35-18-8-16-33(24-35)31-12-4-2-5-13-31)28-42(30-43)40-23-11-21-38(27-40)36-19-9-17-34(25-36)32-14-6-3-7-15-32/h2-30H,1H3. The highest BCUT2D eigenvalue weighted by molar-refractivity contribution is 5.82. The zero-order chi connectivity index (χ0) is 29.7. The minimum Gasteiger partial charge on any atom is -0.497 e. The minimum absolute atomic E-state index is 0.838. The van der Waals surface area contributed by atoms with Gasteiger partial charge in [0.05, 0.1) is 7.11 Å². The van der Waals surface area contributed by atoms with Gasteiger partial charge >= 0.3 is 0 Å². The van der Waals surface area contributed by atoms with E-state index in [9.17, 15) is 0 Å². The van der Waals surface area contributed by atoms with Crippen molar-refractivity contribution >= 4 is 0 Å². The van der Waals surface area contributed by atoms with Crippen LogP contribution in [0.15, 0.2) is 176 Å². The second-order valence-electron chi connectivity index (χ2n) is 11.0. The highest BCUT2D eigenvalue weighted by Crippen LogP contribution is 2.36. The quantitative estimate of drug-likeness (QED) is 0.187. The molecule has 0 aliphatic heterocycles. The number of benzene rings is 7. The molecule has 1 heteroatoms. The molecule has 7 aromatic rings. The summed E-state index contributed by atoms with van der Waals surface area (Å²) in [4.78, 5) is 0. The molecule has 0 saturated heterocycles. The topological polar surface area (TPSA) is 9.23 Å². The second-order valence-corrected chi connectivity index (χ2v) is 11.0. The molecule has 44 heavy (non-hydrogen) atoms. The van der Waals surface area contributed by atoms with E-state index in [0.717, 1.165) is 28.0 Å². The fourth-order valence-corrected chi connectivity index (χ4v) is 5.82. The lowest BCUT2D eigenvalue weighted by atomic mass is 9.93. The van der Waals surface area contributed by atoms with Gasteiger partial charge in [-0.05, 0) is 109 Å². The molecule has 1 nitrogen and oxygen atoms in total. The summed E-state index contributed by atoms with van der Waals surface area (Å²) in [6, 6.07) is 62.6. The number of ether oxygens (including phenoxy) is 1. The molecule has 0 aliphatic carbocycles. The van der Waals surface area contributed by atoms with Gasteiger partial charge in [0.2, 0.25) is 0 Å². The summed E-state index contributed by atoms with van der Waals surface area (Å²) in [7, 11) is 1.74. The molecule has 210 valence electrons. The maximum absolute atomic E-state index is 5.80. The van der Waals surface area contributed by atoms with E-state index in [1.807, 2.05) is 0 Å². The predicted molar refractivity (Wildman–Crippen MR) is 186 cm³/mol. The first-order chi connectivity index (χ1) is 21.7. The van der Waals surface area contributed by atoms with Crippen molar-refractivity contribution in [1.82, 2.24) is 0 Å². The molecule has 0 aromatic heterocycles. The Morgan fingerprint density at radius 3 is 0.818 bits per heavy atom. The Bertz CT molecular complexity index is 1900. The molecule has 0 heterocycles. The maximum atomic E-state index is 5.80.